The van der Waals surface area contributed by atoms with E-state index in [2.05, 4.69) is 5.32 Å². The maximum absolute atomic E-state index is 11.6. The lowest BCUT2D eigenvalue weighted by Gasteiger charge is -2.01. The lowest BCUT2D eigenvalue weighted by atomic mass is 10.1. The van der Waals surface area contributed by atoms with Crippen LogP contribution in [-0.2, 0) is 9.59 Å². The predicted octanol–water partition coefficient (Wildman–Crippen LogP) is 3.41. The van der Waals surface area contributed by atoms with E-state index in [4.69, 9.17) is 5.11 Å². The molecular formula is C18H23NO3. The average Bonchev–Trinajstić information content (AvgIpc) is 2.49. The minimum atomic E-state index is -0.771. The highest BCUT2D eigenvalue weighted by atomic mass is 16.4. The number of allylic oxidation sites excluding steroid dienone is 2. The van der Waals surface area contributed by atoms with Crippen molar-refractivity contribution in [3.8, 4) is 0 Å². The van der Waals surface area contributed by atoms with Crippen molar-refractivity contribution in [3.05, 3.63) is 53.6 Å². The molecule has 1 amide bonds. The number of carboxylic acids is 1. The van der Waals surface area contributed by atoms with Gasteiger partial charge < -0.3 is 10.4 Å². The van der Waals surface area contributed by atoms with Gasteiger partial charge in [0.05, 0.1) is 0 Å². The predicted molar refractivity (Wildman–Crippen MR) is 88.3 cm³/mol. The van der Waals surface area contributed by atoms with Gasteiger partial charge in [-0.05, 0) is 25.3 Å². The molecule has 0 aromatic heterocycles. The first-order valence-electron chi connectivity index (χ1n) is 7.49. The van der Waals surface area contributed by atoms with Crippen molar-refractivity contribution in [2.75, 3.05) is 6.54 Å². The summed E-state index contributed by atoms with van der Waals surface area (Å²) in [5.74, 6) is -0.897. The van der Waals surface area contributed by atoms with Gasteiger partial charge >= 0.3 is 5.97 Å². The fourth-order valence-corrected chi connectivity index (χ4v) is 1.92. The second-order valence-electron chi connectivity index (χ2n) is 5.13. The maximum Gasteiger partial charge on any atom is 0.303 e. The first-order chi connectivity index (χ1) is 10.6. The Morgan fingerprint density at radius 2 is 1.82 bits per heavy atom. The number of hydrogen-bond donors (Lipinski definition) is 2. The van der Waals surface area contributed by atoms with Crippen LogP contribution in [-0.4, -0.2) is 23.5 Å². The lowest BCUT2D eigenvalue weighted by Crippen LogP contribution is -2.22. The smallest absolute Gasteiger partial charge is 0.303 e. The molecule has 2 N–H and O–H groups in total. The van der Waals surface area contributed by atoms with Crippen molar-refractivity contribution < 1.29 is 14.7 Å². The standard InChI is InChI=1S/C18H23NO3/c1-15(14-16-8-4-2-5-9-16)11-12-17(20)19-13-7-3-6-10-18(21)22/h2,4-5,8-9,11-12,14H,3,6-7,10,13H2,1H3,(H,19,20)(H,21,22)/b12-11+,15-14+. The van der Waals surface area contributed by atoms with Gasteiger partial charge in [-0.3, -0.25) is 9.59 Å². The van der Waals surface area contributed by atoms with Crippen LogP contribution >= 0.6 is 0 Å². The molecule has 0 aliphatic rings. The Hall–Kier alpha value is -2.36. The number of amides is 1. The highest BCUT2D eigenvalue weighted by Crippen LogP contribution is 2.06. The Kier molecular flexibility index (Phi) is 8.35. The molecule has 4 nitrogen and oxygen atoms in total. The van der Waals surface area contributed by atoms with Gasteiger partial charge in [0, 0.05) is 19.0 Å². The Morgan fingerprint density at radius 3 is 2.50 bits per heavy atom. The summed E-state index contributed by atoms with van der Waals surface area (Å²) in [5, 5.41) is 11.3. The summed E-state index contributed by atoms with van der Waals surface area (Å²) in [6, 6.07) is 9.93. The van der Waals surface area contributed by atoms with E-state index in [0.717, 1.165) is 24.0 Å². The van der Waals surface area contributed by atoms with Crippen LogP contribution in [0.5, 0.6) is 0 Å². The molecule has 1 aromatic rings. The third kappa shape index (κ3) is 8.74. The highest BCUT2D eigenvalue weighted by Gasteiger charge is 1.98. The first kappa shape index (κ1) is 17.7. The van der Waals surface area contributed by atoms with Gasteiger partial charge in [-0.25, -0.2) is 0 Å². The molecule has 118 valence electrons. The van der Waals surface area contributed by atoms with E-state index in [0.29, 0.717) is 13.0 Å². The number of carbonyl (C=O) groups is 2. The third-order valence-electron chi connectivity index (χ3n) is 3.06. The van der Waals surface area contributed by atoms with E-state index >= 15 is 0 Å². The van der Waals surface area contributed by atoms with Crippen LogP contribution in [0.15, 0.2) is 48.1 Å². The quantitative estimate of drug-likeness (QED) is 0.417. The Morgan fingerprint density at radius 1 is 1.09 bits per heavy atom. The van der Waals surface area contributed by atoms with Gasteiger partial charge in [0.2, 0.25) is 5.91 Å². The minimum Gasteiger partial charge on any atom is -0.481 e. The van der Waals surface area contributed by atoms with Crippen molar-refractivity contribution in [3.63, 3.8) is 0 Å². The first-order valence-corrected chi connectivity index (χ1v) is 7.49. The van der Waals surface area contributed by atoms with Crippen LogP contribution < -0.4 is 5.32 Å². The molecule has 4 heteroatoms. The molecule has 0 radical (unpaired) electrons. The topological polar surface area (TPSA) is 66.4 Å². The molecule has 0 heterocycles. The Labute approximate surface area is 131 Å². The zero-order valence-corrected chi connectivity index (χ0v) is 12.9. The van der Waals surface area contributed by atoms with E-state index < -0.39 is 5.97 Å². The Balaban J connectivity index is 2.24. The number of hydrogen-bond acceptors (Lipinski definition) is 2. The van der Waals surface area contributed by atoms with E-state index in [1.54, 1.807) is 6.08 Å². The summed E-state index contributed by atoms with van der Waals surface area (Å²) in [6.07, 6.45) is 7.76. The summed E-state index contributed by atoms with van der Waals surface area (Å²) < 4.78 is 0. The number of benzene rings is 1. The van der Waals surface area contributed by atoms with E-state index in [-0.39, 0.29) is 12.3 Å². The second kappa shape index (κ2) is 10.4. The van der Waals surface area contributed by atoms with Crippen LogP contribution in [0.2, 0.25) is 0 Å². The summed E-state index contributed by atoms with van der Waals surface area (Å²) in [7, 11) is 0. The van der Waals surface area contributed by atoms with Gasteiger partial charge in [-0.2, -0.15) is 0 Å². The van der Waals surface area contributed by atoms with Gasteiger partial charge in [-0.15, -0.1) is 0 Å². The molecule has 0 bridgehead atoms. The van der Waals surface area contributed by atoms with Crippen LogP contribution in [0, 0.1) is 0 Å². The molecule has 0 saturated heterocycles. The van der Waals surface area contributed by atoms with Crippen LogP contribution in [0.3, 0.4) is 0 Å². The number of carboxylic acid groups (broad SMARTS) is 1. The molecule has 0 atom stereocenters. The molecule has 0 fully saturated rings. The monoisotopic (exact) mass is 301 g/mol. The summed E-state index contributed by atoms with van der Waals surface area (Å²) in [6.45, 7) is 2.52. The number of nitrogens with one attached hydrogen (secondary N) is 1. The normalized spacial score (nSPS) is 11.6. The maximum atomic E-state index is 11.6. The highest BCUT2D eigenvalue weighted by molar-refractivity contribution is 5.88. The SMILES string of the molecule is CC(/C=C/C(=O)NCCCCCC(=O)O)=C\c1ccccc1. The van der Waals surface area contributed by atoms with Crippen LogP contribution in [0.25, 0.3) is 6.08 Å². The largest absolute Gasteiger partial charge is 0.481 e. The fraction of sp³-hybridized carbons (Fsp3) is 0.333. The Bertz CT molecular complexity index is 533. The zero-order chi connectivity index (χ0) is 16.2. The van der Waals surface area contributed by atoms with E-state index in [1.807, 2.05) is 43.3 Å². The van der Waals surface area contributed by atoms with Crippen molar-refractivity contribution in [1.82, 2.24) is 5.32 Å². The molecular weight excluding hydrogens is 278 g/mol. The number of rotatable bonds is 9. The zero-order valence-electron chi connectivity index (χ0n) is 12.9. The van der Waals surface area contributed by atoms with E-state index in [1.165, 1.54) is 6.08 Å². The lowest BCUT2D eigenvalue weighted by molar-refractivity contribution is -0.137. The van der Waals surface area contributed by atoms with Gasteiger partial charge in [-0.1, -0.05) is 54.5 Å². The number of unbranched alkanes of at least 4 members (excludes halogenated alkanes) is 2. The van der Waals surface area contributed by atoms with Gasteiger partial charge in [0.1, 0.15) is 0 Å². The van der Waals surface area contributed by atoms with E-state index in [9.17, 15) is 9.59 Å². The molecule has 1 aromatic carbocycles. The summed E-state index contributed by atoms with van der Waals surface area (Å²) >= 11 is 0. The third-order valence-corrected chi connectivity index (χ3v) is 3.06. The van der Waals surface area contributed by atoms with Crippen LogP contribution in [0.4, 0.5) is 0 Å². The molecule has 0 aliphatic carbocycles. The fourth-order valence-electron chi connectivity index (χ4n) is 1.92. The molecule has 0 spiro atoms. The molecule has 0 aliphatic heterocycles. The van der Waals surface area contributed by atoms with Crippen molar-refractivity contribution in [2.24, 2.45) is 0 Å². The van der Waals surface area contributed by atoms with Crippen molar-refractivity contribution in [2.45, 2.75) is 32.6 Å². The molecule has 1 rings (SSSR count). The van der Waals surface area contributed by atoms with Crippen LogP contribution in [0.1, 0.15) is 38.2 Å². The van der Waals surface area contributed by atoms with Gasteiger partial charge in [0.15, 0.2) is 0 Å². The summed E-state index contributed by atoms with van der Waals surface area (Å²) in [5.41, 5.74) is 2.10. The number of carbonyl (C=O) groups excluding carboxylic acids is 1. The molecule has 0 unspecified atom stereocenters. The summed E-state index contributed by atoms with van der Waals surface area (Å²) in [4.78, 5) is 22.0. The minimum absolute atomic E-state index is 0.126. The van der Waals surface area contributed by atoms with Crippen molar-refractivity contribution in [1.29, 1.82) is 0 Å². The van der Waals surface area contributed by atoms with Crippen molar-refractivity contribution >= 4 is 18.0 Å². The second-order valence-corrected chi connectivity index (χ2v) is 5.13. The number of aliphatic carboxylic acids is 1. The molecule has 0 saturated carbocycles. The van der Waals surface area contributed by atoms with Gasteiger partial charge in [0.25, 0.3) is 0 Å². The average molecular weight is 301 g/mol. The molecule has 22 heavy (non-hydrogen) atoms.